The highest BCUT2D eigenvalue weighted by molar-refractivity contribution is 6.95. The number of ether oxygens (including phenoxy) is 1. The van der Waals surface area contributed by atoms with Gasteiger partial charge in [-0.15, -0.1) is 10.9 Å². The molecule has 1 heterocycles. The first-order valence-corrected chi connectivity index (χ1v) is 10.9. The number of hydrogen-bond acceptors (Lipinski definition) is 2. The van der Waals surface area contributed by atoms with Crippen molar-refractivity contribution in [3.8, 4) is 5.75 Å². The van der Waals surface area contributed by atoms with E-state index in [9.17, 15) is 13.2 Å². The summed E-state index contributed by atoms with van der Waals surface area (Å²) in [5, 5.41) is 2.96. The summed E-state index contributed by atoms with van der Waals surface area (Å²) in [7, 11) is 1.62. The van der Waals surface area contributed by atoms with Gasteiger partial charge in [0.25, 0.3) is 0 Å². The lowest BCUT2D eigenvalue weighted by molar-refractivity contribution is -0.398. The van der Waals surface area contributed by atoms with E-state index in [-0.39, 0.29) is 0 Å². The van der Waals surface area contributed by atoms with Crippen LogP contribution in [0.15, 0.2) is 96.7 Å². The van der Waals surface area contributed by atoms with Crippen LogP contribution in [0.1, 0.15) is 12.5 Å². The van der Waals surface area contributed by atoms with E-state index in [2.05, 4.69) is 9.71 Å². The monoisotopic (exact) mass is 450 g/mol. The van der Waals surface area contributed by atoms with Crippen LogP contribution in [-0.2, 0) is 6.42 Å². The van der Waals surface area contributed by atoms with E-state index in [1.54, 1.807) is 14.0 Å². The van der Waals surface area contributed by atoms with E-state index < -0.39 is 18.3 Å². The molecule has 1 aliphatic rings. The maximum Gasteiger partial charge on any atom is 0.427 e. The summed E-state index contributed by atoms with van der Waals surface area (Å²) in [6, 6.07) is 26.6. The van der Waals surface area contributed by atoms with Crippen molar-refractivity contribution in [1.82, 2.24) is 5.23 Å². The van der Waals surface area contributed by atoms with Crippen LogP contribution < -0.4 is 20.9 Å². The molecule has 0 atom stereocenters. The molecule has 0 aromatic heterocycles. The Labute approximate surface area is 192 Å². The average Bonchev–Trinajstić information content (AvgIpc) is 2.83. The van der Waals surface area contributed by atoms with Gasteiger partial charge >= 0.3 is 12.6 Å². The smallest absolute Gasteiger partial charge is 0.427 e. The highest BCUT2D eigenvalue weighted by Gasteiger charge is 2.49. The summed E-state index contributed by atoms with van der Waals surface area (Å²) in [5.41, 5.74) is 2.52. The van der Waals surface area contributed by atoms with Crippen molar-refractivity contribution < 1.29 is 22.4 Å². The standard InChI is InChI=1S/C26H26BF3N2O/c1-20-19-25(26(28,29)30)31-27(22-9-5-3-6-10-22,23-11-7-4-8-12-23)32(20)18-17-21-13-15-24(33-2)16-14-21/h3-16,19,31H,17-18H2,1-2H3. The van der Waals surface area contributed by atoms with Gasteiger partial charge in [-0.1, -0.05) is 72.8 Å². The molecule has 0 amide bonds. The van der Waals surface area contributed by atoms with E-state index in [1.807, 2.05) is 84.9 Å². The summed E-state index contributed by atoms with van der Waals surface area (Å²) in [6.45, 7) is 2.29. The van der Waals surface area contributed by atoms with Crippen molar-refractivity contribution in [3.63, 3.8) is 0 Å². The van der Waals surface area contributed by atoms with Gasteiger partial charge in [0.1, 0.15) is 11.5 Å². The minimum absolute atomic E-state index is 0.538. The maximum atomic E-state index is 14.0. The van der Waals surface area contributed by atoms with Crippen molar-refractivity contribution in [2.75, 3.05) is 13.7 Å². The fourth-order valence-corrected chi connectivity index (χ4v) is 4.70. The number of benzene rings is 3. The number of methoxy groups -OCH3 is 1. The minimum Gasteiger partial charge on any atom is -0.497 e. The van der Waals surface area contributed by atoms with Crippen LogP contribution in [0.3, 0.4) is 0 Å². The number of halogens is 3. The zero-order valence-electron chi connectivity index (χ0n) is 18.6. The van der Waals surface area contributed by atoms with Crippen LogP contribution in [0.4, 0.5) is 13.2 Å². The number of nitrogens with zero attached hydrogens (tertiary/aromatic N) is 1. The van der Waals surface area contributed by atoms with Crippen molar-refractivity contribution >= 4 is 23.1 Å². The lowest BCUT2D eigenvalue weighted by Gasteiger charge is -2.44. The molecule has 1 N–H and O–H groups in total. The molecule has 0 radical (unpaired) electrons. The van der Waals surface area contributed by atoms with Gasteiger partial charge in [0.2, 0.25) is 0 Å². The van der Waals surface area contributed by atoms with Gasteiger partial charge in [0.15, 0.2) is 0 Å². The number of nitrogens with one attached hydrogen (secondary N) is 1. The van der Waals surface area contributed by atoms with Crippen LogP contribution in [0, 0.1) is 0 Å². The van der Waals surface area contributed by atoms with Gasteiger partial charge in [0.05, 0.1) is 19.4 Å². The van der Waals surface area contributed by atoms with Gasteiger partial charge in [-0.2, -0.15) is 13.2 Å². The van der Waals surface area contributed by atoms with Gasteiger partial charge in [-0.25, -0.2) is 0 Å². The number of alkyl halides is 3. The third-order valence-electron chi connectivity index (χ3n) is 6.31. The molecule has 0 spiro atoms. The SMILES string of the molecule is COc1ccc(CC[N+]2=C(C)C=C(C(F)(F)F)N[B-]2(c2ccccc2)c2ccccc2)cc1. The summed E-state index contributed by atoms with van der Waals surface area (Å²) in [5.74, 6) is 0.769. The van der Waals surface area contributed by atoms with Crippen molar-refractivity contribution in [1.29, 1.82) is 0 Å². The lowest BCUT2D eigenvalue weighted by Crippen LogP contribution is -2.78. The van der Waals surface area contributed by atoms with E-state index in [0.29, 0.717) is 18.7 Å². The Morgan fingerprint density at radius 1 is 0.848 bits per heavy atom. The summed E-state index contributed by atoms with van der Waals surface area (Å²) in [6.07, 6.45) is -4.73. The second-order valence-electron chi connectivity index (χ2n) is 8.27. The van der Waals surface area contributed by atoms with Crippen LogP contribution in [-0.4, -0.2) is 36.4 Å². The van der Waals surface area contributed by atoms with E-state index >= 15 is 0 Å². The predicted octanol–water partition coefficient (Wildman–Crippen LogP) is 4.02. The Balaban J connectivity index is 1.86. The quantitative estimate of drug-likeness (QED) is 0.574. The fourth-order valence-electron chi connectivity index (χ4n) is 4.70. The molecule has 7 heteroatoms. The number of allylic oxidation sites excluding steroid dienone is 2. The Hall–Kier alpha value is -3.48. The van der Waals surface area contributed by atoms with Gasteiger partial charge < -0.3 is 14.5 Å². The molecule has 3 nitrogen and oxygen atoms in total. The van der Waals surface area contributed by atoms with E-state index in [0.717, 1.165) is 22.2 Å². The highest BCUT2D eigenvalue weighted by atomic mass is 19.4. The normalized spacial score (nSPS) is 15.6. The third-order valence-corrected chi connectivity index (χ3v) is 6.31. The molecule has 0 aliphatic carbocycles. The van der Waals surface area contributed by atoms with Crippen molar-refractivity contribution in [3.05, 3.63) is 102 Å². The zero-order chi connectivity index (χ0) is 23.5. The third kappa shape index (κ3) is 4.53. The van der Waals surface area contributed by atoms with E-state index in [1.165, 1.54) is 6.08 Å². The molecular formula is C26H26BF3N2O. The average molecular weight is 450 g/mol. The Morgan fingerprint density at radius 2 is 1.39 bits per heavy atom. The topological polar surface area (TPSA) is 24.3 Å². The predicted molar refractivity (Wildman–Crippen MR) is 128 cm³/mol. The van der Waals surface area contributed by atoms with Crippen LogP contribution in [0.25, 0.3) is 0 Å². The van der Waals surface area contributed by atoms with Crippen molar-refractivity contribution in [2.45, 2.75) is 19.5 Å². The Morgan fingerprint density at radius 3 is 1.88 bits per heavy atom. The maximum absolute atomic E-state index is 14.0. The molecule has 3 aromatic carbocycles. The Kier molecular flexibility index (Phi) is 6.32. The molecule has 3 aromatic rings. The molecule has 33 heavy (non-hydrogen) atoms. The summed E-state index contributed by atoms with van der Waals surface area (Å²) >= 11 is 0. The van der Waals surface area contributed by atoms with Crippen LogP contribution in [0.2, 0.25) is 0 Å². The van der Waals surface area contributed by atoms with Crippen LogP contribution >= 0.6 is 0 Å². The summed E-state index contributed by atoms with van der Waals surface area (Å²) < 4.78 is 49.2. The molecule has 0 unspecified atom stereocenters. The molecular weight excluding hydrogens is 424 g/mol. The Bertz CT molecular complexity index is 1120. The molecule has 1 aliphatic heterocycles. The molecule has 0 bridgehead atoms. The molecule has 4 rings (SSSR count). The second kappa shape index (κ2) is 9.18. The number of rotatable bonds is 6. The van der Waals surface area contributed by atoms with Crippen LogP contribution in [0.5, 0.6) is 5.75 Å². The lowest BCUT2D eigenvalue weighted by atomic mass is 9.35. The largest absolute Gasteiger partial charge is 0.497 e. The van der Waals surface area contributed by atoms with Gasteiger partial charge in [-0.05, 0) is 17.7 Å². The van der Waals surface area contributed by atoms with Gasteiger partial charge in [0, 0.05) is 19.4 Å². The van der Waals surface area contributed by atoms with Gasteiger partial charge in [-0.3, -0.25) is 0 Å². The fraction of sp³-hybridized carbons (Fsp3) is 0.192. The first-order valence-electron chi connectivity index (χ1n) is 10.9. The molecule has 0 saturated carbocycles. The highest BCUT2D eigenvalue weighted by Crippen LogP contribution is 2.27. The first-order chi connectivity index (χ1) is 15.8. The molecule has 0 saturated heterocycles. The summed E-state index contributed by atoms with van der Waals surface area (Å²) in [4.78, 5) is 0. The van der Waals surface area contributed by atoms with Crippen molar-refractivity contribution in [2.24, 2.45) is 0 Å². The minimum atomic E-state index is -4.49. The molecule has 170 valence electrons. The second-order valence-corrected chi connectivity index (χ2v) is 8.27. The van der Waals surface area contributed by atoms with E-state index in [4.69, 9.17) is 4.74 Å². The number of hydrogen-bond donors (Lipinski definition) is 1. The first kappa shape index (κ1) is 22.7. The molecule has 0 fully saturated rings. The zero-order valence-corrected chi connectivity index (χ0v) is 18.6.